The van der Waals surface area contributed by atoms with E-state index in [1.807, 2.05) is 24.3 Å². The Kier molecular flexibility index (Phi) is 3.62. The van der Waals surface area contributed by atoms with Crippen LogP contribution in [0.4, 0.5) is 0 Å². The third-order valence-electron chi connectivity index (χ3n) is 2.41. The van der Waals surface area contributed by atoms with E-state index in [9.17, 15) is 4.79 Å². The van der Waals surface area contributed by atoms with E-state index in [2.05, 4.69) is 5.10 Å². The average molecular weight is 246 g/mol. The van der Waals surface area contributed by atoms with Gasteiger partial charge in [0.1, 0.15) is 5.75 Å². The summed E-state index contributed by atoms with van der Waals surface area (Å²) in [5, 5.41) is 4.16. The van der Waals surface area contributed by atoms with E-state index in [1.54, 1.807) is 31.0 Å². The van der Waals surface area contributed by atoms with Crippen molar-refractivity contribution in [2.75, 3.05) is 13.7 Å². The Balaban J connectivity index is 2.20. The summed E-state index contributed by atoms with van der Waals surface area (Å²) in [5.74, 6) is 0.362. The van der Waals surface area contributed by atoms with Crippen LogP contribution in [-0.2, 0) is 4.74 Å². The van der Waals surface area contributed by atoms with Gasteiger partial charge in [-0.1, -0.05) is 0 Å². The summed E-state index contributed by atoms with van der Waals surface area (Å²) in [6.07, 6.45) is 1.72. The van der Waals surface area contributed by atoms with Gasteiger partial charge in [0.15, 0.2) is 5.69 Å². The number of aromatic nitrogens is 2. The molecule has 94 valence electrons. The van der Waals surface area contributed by atoms with Crippen LogP contribution in [0.15, 0.2) is 36.5 Å². The van der Waals surface area contributed by atoms with Crippen molar-refractivity contribution < 1.29 is 14.3 Å². The molecule has 0 saturated heterocycles. The van der Waals surface area contributed by atoms with Crippen molar-refractivity contribution in [3.8, 4) is 11.4 Å². The largest absolute Gasteiger partial charge is 0.497 e. The van der Waals surface area contributed by atoms with Gasteiger partial charge in [-0.15, -0.1) is 0 Å². The number of benzene rings is 1. The minimum absolute atomic E-state index is 0.299. The van der Waals surface area contributed by atoms with Crippen LogP contribution < -0.4 is 4.74 Å². The van der Waals surface area contributed by atoms with Crippen LogP contribution in [0.3, 0.4) is 0 Å². The number of ether oxygens (including phenoxy) is 2. The van der Waals surface area contributed by atoms with Crippen LogP contribution >= 0.6 is 0 Å². The van der Waals surface area contributed by atoms with Crippen LogP contribution in [-0.4, -0.2) is 29.5 Å². The van der Waals surface area contributed by atoms with E-state index < -0.39 is 5.97 Å². The number of nitrogens with zero attached hydrogens (tertiary/aromatic N) is 2. The fourth-order valence-electron chi connectivity index (χ4n) is 1.52. The van der Waals surface area contributed by atoms with Crippen molar-refractivity contribution >= 4 is 5.97 Å². The van der Waals surface area contributed by atoms with E-state index in [0.29, 0.717) is 12.3 Å². The zero-order valence-electron chi connectivity index (χ0n) is 10.3. The summed E-state index contributed by atoms with van der Waals surface area (Å²) < 4.78 is 11.6. The second-order valence-corrected chi connectivity index (χ2v) is 3.56. The fourth-order valence-corrected chi connectivity index (χ4v) is 1.52. The highest BCUT2D eigenvalue weighted by Crippen LogP contribution is 2.14. The Labute approximate surface area is 105 Å². The molecule has 1 aromatic carbocycles. The first-order valence-corrected chi connectivity index (χ1v) is 5.62. The van der Waals surface area contributed by atoms with Crippen molar-refractivity contribution in [2.24, 2.45) is 0 Å². The van der Waals surface area contributed by atoms with Gasteiger partial charge in [-0.25, -0.2) is 9.48 Å². The molecular formula is C13H14N2O3. The molecule has 1 aromatic heterocycles. The lowest BCUT2D eigenvalue weighted by Crippen LogP contribution is -2.06. The summed E-state index contributed by atoms with van der Waals surface area (Å²) in [6, 6.07) is 9.02. The molecule has 1 heterocycles. The number of esters is 1. The van der Waals surface area contributed by atoms with Gasteiger partial charge < -0.3 is 9.47 Å². The Morgan fingerprint density at radius 3 is 2.61 bits per heavy atom. The van der Waals surface area contributed by atoms with Gasteiger partial charge in [-0.05, 0) is 37.3 Å². The molecule has 5 heteroatoms. The third kappa shape index (κ3) is 2.51. The van der Waals surface area contributed by atoms with E-state index in [-0.39, 0.29) is 0 Å². The Morgan fingerprint density at radius 2 is 2.00 bits per heavy atom. The van der Waals surface area contributed by atoms with Crippen molar-refractivity contribution in [3.63, 3.8) is 0 Å². The molecule has 0 bridgehead atoms. The lowest BCUT2D eigenvalue weighted by atomic mass is 10.3. The Hall–Kier alpha value is -2.30. The summed E-state index contributed by atoms with van der Waals surface area (Å²) in [7, 11) is 1.61. The number of rotatable bonds is 4. The quantitative estimate of drug-likeness (QED) is 0.775. The number of carbonyl (C=O) groups is 1. The smallest absolute Gasteiger partial charge is 0.358 e. The molecular weight excluding hydrogens is 232 g/mol. The normalized spacial score (nSPS) is 10.1. The summed E-state index contributed by atoms with van der Waals surface area (Å²) in [4.78, 5) is 11.5. The molecule has 0 amide bonds. The van der Waals surface area contributed by atoms with Crippen LogP contribution in [0.5, 0.6) is 5.75 Å². The van der Waals surface area contributed by atoms with Gasteiger partial charge in [0, 0.05) is 6.20 Å². The molecule has 0 spiro atoms. The predicted molar refractivity (Wildman–Crippen MR) is 66.1 cm³/mol. The molecule has 0 aliphatic rings. The van der Waals surface area contributed by atoms with Gasteiger partial charge >= 0.3 is 5.97 Å². The van der Waals surface area contributed by atoms with E-state index >= 15 is 0 Å². The molecule has 0 saturated carbocycles. The lowest BCUT2D eigenvalue weighted by Gasteiger charge is -2.03. The minimum atomic E-state index is -0.412. The van der Waals surface area contributed by atoms with Crippen molar-refractivity contribution in [2.45, 2.75) is 6.92 Å². The lowest BCUT2D eigenvalue weighted by molar-refractivity contribution is 0.0519. The van der Waals surface area contributed by atoms with Gasteiger partial charge in [-0.2, -0.15) is 5.10 Å². The predicted octanol–water partition coefficient (Wildman–Crippen LogP) is 2.06. The third-order valence-corrected chi connectivity index (χ3v) is 2.41. The Bertz CT molecular complexity index is 531. The standard InChI is InChI=1S/C13H14N2O3/c1-3-18-13(16)12-8-9-15(14-12)10-4-6-11(17-2)7-5-10/h4-9H,3H2,1-2H3. The maximum atomic E-state index is 11.5. The molecule has 0 unspecified atom stereocenters. The first-order valence-electron chi connectivity index (χ1n) is 5.62. The maximum absolute atomic E-state index is 11.5. The van der Waals surface area contributed by atoms with Crippen LogP contribution in [0.1, 0.15) is 17.4 Å². The van der Waals surface area contributed by atoms with Crippen molar-refractivity contribution in [3.05, 3.63) is 42.2 Å². The molecule has 0 N–H and O–H groups in total. The minimum Gasteiger partial charge on any atom is -0.497 e. The first-order chi connectivity index (χ1) is 8.74. The van der Waals surface area contributed by atoms with Crippen LogP contribution in [0, 0.1) is 0 Å². The van der Waals surface area contributed by atoms with Crippen molar-refractivity contribution in [1.82, 2.24) is 9.78 Å². The van der Waals surface area contributed by atoms with Gasteiger partial charge in [-0.3, -0.25) is 0 Å². The van der Waals surface area contributed by atoms with E-state index in [0.717, 1.165) is 11.4 Å². The van der Waals surface area contributed by atoms with E-state index in [4.69, 9.17) is 9.47 Å². The molecule has 0 fully saturated rings. The maximum Gasteiger partial charge on any atom is 0.358 e. The Morgan fingerprint density at radius 1 is 1.28 bits per heavy atom. The van der Waals surface area contributed by atoms with Crippen LogP contribution in [0.2, 0.25) is 0 Å². The molecule has 0 aliphatic heterocycles. The summed E-state index contributed by atoms with van der Waals surface area (Å²) in [6.45, 7) is 2.10. The molecule has 18 heavy (non-hydrogen) atoms. The summed E-state index contributed by atoms with van der Waals surface area (Å²) >= 11 is 0. The molecule has 2 rings (SSSR count). The number of methoxy groups -OCH3 is 1. The zero-order valence-corrected chi connectivity index (χ0v) is 10.3. The van der Waals surface area contributed by atoms with Gasteiger partial charge in [0.2, 0.25) is 0 Å². The van der Waals surface area contributed by atoms with Crippen molar-refractivity contribution in [1.29, 1.82) is 0 Å². The highest BCUT2D eigenvalue weighted by molar-refractivity contribution is 5.87. The molecule has 0 radical (unpaired) electrons. The fraction of sp³-hybridized carbons (Fsp3) is 0.231. The van der Waals surface area contributed by atoms with Gasteiger partial charge in [0.05, 0.1) is 19.4 Å². The topological polar surface area (TPSA) is 53.4 Å². The monoisotopic (exact) mass is 246 g/mol. The highest BCUT2D eigenvalue weighted by atomic mass is 16.5. The molecule has 5 nitrogen and oxygen atoms in total. The number of carbonyl (C=O) groups excluding carboxylic acids is 1. The second-order valence-electron chi connectivity index (χ2n) is 3.56. The first kappa shape index (κ1) is 12.2. The average Bonchev–Trinajstić information content (AvgIpc) is 2.89. The second kappa shape index (κ2) is 5.35. The van der Waals surface area contributed by atoms with Gasteiger partial charge in [0.25, 0.3) is 0 Å². The highest BCUT2D eigenvalue weighted by Gasteiger charge is 2.10. The molecule has 0 aliphatic carbocycles. The SMILES string of the molecule is CCOC(=O)c1ccn(-c2ccc(OC)cc2)n1. The summed E-state index contributed by atoms with van der Waals surface area (Å²) in [5.41, 5.74) is 1.15. The number of hydrogen-bond donors (Lipinski definition) is 0. The molecule has 0 atom stereocenters. The molecule has 2 aromatic rings. The zero-order chi connectivity index (χ0) is 13.0. The van der Waals surface area contributed by atoms with E-state index in [1.165, 1.54) is 0 Å². The number of hydrogen-bond acceptors (Lipinski definition) is 4. The van der Waals surface area contributed by atoms with Crippen LogP contribution in [0.25, 0.3) is 5.69 Å².